The Balaban J connectivity index is 2.21. The van der Waals surface area contributed by atoms with E-state index in [2.05, 4.69) is 26.2 Å². The summed E-state index contributed by atoms with van der Waals surface area (Å²) in [6.07, 6.45) is 0.527. The van der Waals surface area contributed by atoms with Gasteiger partial charge >= 0.3 is 0 Å². The second kappa shape index (κ2) is 5.95. The van der Waals surface area contributed by atoms with Gasteiger partial charge in [0.05, 0.1) is 4.88 Å². The Kier molecular flexibility index (Phi) is 4.53. The lowest BCUT2D eigenvalue weighted by Crippen LogP contribution is -2.13. The number of carbonyl (C=O) groups excluding carboxylic acids is 1. The van der Waals surface area contributed by atoms with E-state index in [1.807, 2.05) is 31.4 Å². The molecule has 0 radical (unpaired) electrons. The molecule has 0 aromatic carbocycles. The van der Waals surface area contributed by atoms with Crippen LogP contribution in [0.5, 0.6) is 0 Å². The summed E-state index contributed by atoms with van der Waals surface area (Å²) in [6.45, 7) is 4.06. The summed E-state index contributed by atoms with van der Waals surface area (Å²) in [5.41, 5.74) is 0.846. The van der Waals surface area contributed by atoms with Gasteiger partial charge in [-0.25, -0.2) is 4.98 Å². The van der Waals surface area contributed by atoms with Crippen molar-refractivity contribution in [1.29, 1.82) is 0 Å². The van der Waals surface area contributed by atoms with Crippen molar-refractivity contribution in [2.45, 2.75) is 20.3 Å². The highest BCUT2D eigenvalue weighted by Gasteiger charge is 2.15. The molecule has 2 aromatic heterocycles. The Labute approximate surface area is 122 Å². The zero-order valence-electron chi connectivity index (χ0n) is 10.1. The number of thiophene rings is 1. The molecule has 2 rings (SSSR count). The zero-order chi connectivity index (χ0) is 13.1. The number of aromatic nitrogens is 1. The van der Waals surface area contributed by atoms with Crippen LogP contribution in [0.15, 0.2) is 21.4 Å². The highest BCUT2D eigenvalue weighted by Crippen LogP contribution is 2.37. The predicted molar refractivity (Wildman–Crippen MR) is 81.2 cm³/mol. The topological polar surface area (TPSA) is 42.0 Å². The minimum absolute atomic E-state index is 0.0407. The third kappa shape index (κ3) is 3.40. The molecule has 18 heavy (non-hydrogen) atoms. The van der Waals surface area contributed by atoms with E-state index in [0.717, 1.165) is 19.5 Å². The molecule has 3 nitrogen and oxygen atoms in total. The van der Waals surface area contributed by atoms with E-state index in [0.29, 0.717) is 12.3 Å². The van der Waals surface area contributed by atoms with Crippen LogP contribution in [0.1, 0.15) is 20.3 Å². The van der Waals surface area contributed by atoms with Crippen LogP contribution in [0.2, 0.25) is 0 Å². The summed E-state index contributed by atoms with van der Waals surface area (Å²) in [5, 5.41) is 5.76. The molecule has 0 unspecified atom stereocenters. The van der Waals surface area contributed by atoms with Crippen LogP contribution in [-0.4, -0.2) is 10.9 Å². The fourth-order valence-electron chi connectivity index (χ4n) is 1.51. The van der Waals surface area contributed by atoms with Gasteiger partial charge in [-0.1, -0.05) is 31.3 Å². The number of hydrogen-bond donors (Lipinski definition) is 1. The summed E-state index contributed by atoms with van der Waals surface area (Å²) >= 11 is 6.43. The van der Waals surface area contributed by atoms with Gasteiger partial charge in [-0.05, 0) is 33.3 Å². The first-order valence-electron chi connectivity index (χ1n) is 5.56. The maximum Gasteiger partial charge on any atom is 0.225 e. The third-order valence-electron chi connectivity index (χ3n) is 2.20. The molecule has 0 aliphatic carbocycles. The summed E-state index contributed by atoms with van der Waals surface area (Å²) in [4.78, 5) is 17.3. The van der Waals surface area contributed by atoms with Crippen LogP contribution in [-0.2, 0) is 4.79 Å². The quantitative estimate of drug-likeness (QED) is 0.879. The highest BCUT2D eigenvalue weighted by molar-refractivity contribution is 9.11. The van der Waals surface area contributed by atoms with E-state index in [1.165, 1.54) is 11.3 Å². The maximum absolute atomic E-state index is 11.8. The van der Waals surface area contributed by atoms with Crippen molar-refractivity contribution < 1.29 is 4.79 Å². The molecule has 0 atom stereocenters. The standard InChI is InChI=1S/C12H13BrN2OS2/c1-7(2)6-9(16)14-11-10(15-12(13)18-11)8-4-3-5-17-8/h3-5,7H,6H2,1-2H3,(H,14,16). The molecule has 0 bridgehead atoms. The van der Waals surface area contributed by atoms with Gasteiger partial charge in [-0.3, -0.25) is 4.79 Å². The molecule has 1 N–H and O–H groups in total. The average molecular weight is 345 g/mol. The number of anilines is 1. The van der Waals surface area contributed by atoms with Crippen molar-refractivity contribution in [3.63, 3.8) is 0 Å². The number of halogens is 1. The summed E-state index contributed by atoms with van der Waals surface area (Å²) < 4.78 is 0.783. The monoisotopic (exact) mass is 344 g/mol. The van der Waals surface area contributed by atoms with Gasteiger partial charge in [0.25, 0.3) is 0 Å². The number of nitrogens with zero attached hydrogens (tertiary/aromatic N) is 1. The second-order valence-corrected chi connectivity index (χ2v) is 7.49. The van der Waals surface area contributed by atoms with E-state index in [9.17, 15) is 4.79 Å². The molecule has 6 heteroatoms. The van der Waals surface area contributed by atoms with Crippen LogP contribution < -0.4 is 5.32 Å². The molecular formula is C12H13BrN2OS2. The van der Waals surface area contributed by atoms with E-state index < -0.39 is 0 Å². The molecule has 0 aliphatic rings. The minimum Gasteiger partial charge on any atom is -0.316 e. The van der Waals surface area contributed by atoms with Gasteiger partial charge < -0.3 is 5.32 Å². The molecular weight excluding hydrogens is 332 g/mol. The van der Waals surface area contributed by atoms with Crippen LogP contribution in [0.4, 0.5) is 5.00 Å². The lowest BCUT2D eigenvalue weighted by atomic mass is 10.1. The number of carbonyl (C=O) groups is 1. The van der Waals surface area contributed by atoms with Crippen LogP contribution in [0, 0.1) is 5.92 Å². The van der Waals surface area contributed by atoms with Crippen molar-refractivity contribution in [1.82, 2.24) is 4.98 Å². The third-order valence-corrected chi connectivity index (χ3v) is 4.50. The summed E-state index contributed by atoms with van der Waals surface area (Å²) in [6, 6.07) is 3.98. The molecule has 0 saturated heterocycles. The van der Waals surface area contributed by atoms with Crippen molar-refractivity contribution in [3.8, 4) is 10.6 Å². The SMILES string of the molecule is CC(C)CC(=O)Nc1sc(Br)nc1-c1cccs1. The van der Waals surface area contributed by atoms with Crippen molar-refractivity contribution >= 4 is 49.5 Å². The fraction of sp³-hybridized carbons (Fsp3) is 0.333. The van der Waals surface area contributed by atoms with E-state index >= 15 is 0 Å². The van der Waals surface area contributed by atoms with Gasteiger partial charge in [0.15, 0.2) is 3.92 Å². The largest absolute Gasteiger partial charge is 0.316 e. The van der Waals surface area contributed by atoms with Gasteiger partial charge in [-0.15, -0.1) is 11.3 Å². The lowest BCUT2D eigenvalue weighted by molar-refractivity contribution is -0.116. The first-order chi connectivity index (χ1) is 8.56. The number of hydrogen-bond acceptors (Lipinski definition) is 4. The maximum atomic E-state index is 11.8. The molecule has 96 valence electrons. The Morgan fingerprint density at radius 3 is 2.94 bits per heavy atom. The minimum atomic E-state index is 0.0407. The Hall–Kier alpha value is -0.720. The van der Waals surface area contributed by atoms with Gasteiger partial charge in [0.2, 0.25) is 5.91 Å². The fourth-order valence-corrected chi connectivity index (χ4v) is 3.68. The van der Waals surface area contributed by atoms with E-state index in [-0.39, 0.29) is 5.91 Å². The first kappa shape index (κ1) is 13.7. The Bertz CT molecular complexity index is 534. The summed E-state index contributed by atoms with van der Waals surface area (Å²) in [5.74, 6) is 0.394. The highest BCUT2D eigenvalue weighted by atomic mass is 79.9. The van der Waals surface area contributed by atoms with Gasteiger partial charge in [0.1, 0.15) is 10.7 Å². The van der Waals surface area contributed by atoms with E-state index in [1.54, 1.807) is 11.3 Å². The lowest BCUT2D eigenvalue weighted by Gasteiger charge is -2.06. The molecule has 0 saturated carbocycles. The average Bonchev–Trinajstić information content (AvgIpc) is 2.85. The first-order valence-corrected chi connectivity index (χ1v) is 8.05. The number of amides is 1. The smallest absolute Gasteiger partial charge is 0.225 e. The van der Waals surface area contributed by atoms with E-state index in [4.69, 9.17) is 0 Å². The van der Waals surface area contributed by atoms with Gasteiger partial charge in [0, 0.05) is 6.42 Å². The van der Waals surface area contributed by atoms with Crippen molar-refractivity contribution in [2.75, 3.05) is 5.32 Å². The van der Waals surface area contributed by atoms with Gasteiger partial charge in [-0.2, -0.15) is 0 Å². The molecule has 0 fully saturated rings. The predicted octanol–water partition coefficient (Wildman–Crippen LogP) is 4.62. The van der Waals surface area contributed by atoms with Crippen molar-refractivity contribution in [3.05, 3.63) is 21.4 Å². The Morgan fingerprint density at radius 2 is 2.33 bits per heavy atom. The molecule has 1 amide bonds. The Morgan fingerprint density at radius 1 is 1.56 bits per heavy atom. The summed E-state index contributed by atoms with van der Waals surface area (Å²) in [7, 11) is 0. The van der Waals surface area contributed by atoms with Crippen LogP contribution >= 0.6 is 38.6 Å². The normalized spacial score (nSPS) is 10.9. The number of thiazole rings is 1. The van der Waals surface area contributed by atoms with Crippen molar-refractivity contribution in [2.24, 2.45) is 5.92 Å². The molecule has 2 aromatic rings. The number of rotatable bonds is 4. The second-order valence-electron chi connectivity index (χ2n) is 4.27. The number of nitrogens with one attached hydrogen (secondary N) is 1. The molecule has 0 aliphatic heterocycles. The van der Waals surface area contributed by atoms with Crippen LogP contribution in [0.25, 0.3) is 10.6 Å². The van der Waals surface area contributed by atoms with Crippen LogP contribution in [0.3, 0.4) is 0 Å². The molecule has 2 heterocycles. The zero-order valence-corrected chi connectivity index (χ0v) is 13.3. The molecule has 0 spiro atoms.